The van der Waals surface area contributed by atoms with Gasteiger partial charge in [-0.15, -0.1) is 0 Å². The molecule has 1 fully saturated rings. The maximum absolute atomic E-state index is 4.67. The molecule has 0 bridgehead atoms. The highest BCUT2D eigenvalue weighted by Crippen LogP contribution is 2.59. The molecule has 0 atom stereocenters. The standard InChI is InChI=1S/C17H27N/c1-15(2,3)12-13-7-10-18-14(11-13)17(8-9-17)16(4,5)6/h7,10-11H,8-9,12H2,1-6H3. The lowest BCUT2D eigenvalue weighted by Crippen LogP contribution is -2.27. The van der Waals surface area contributed by atoms with Gasteiger partial charge in [-0.1, -0.05) is 41.5 Å². The Labute approximate surface area is 112 Å². The molecule has 0 N–H and O–H groups in total. The topological polar surface area (TPSA) is 12.9 Å². The Morgan fingerprint density at radius 3 is 2.17 bits per heavy atom. The van der Waals surface area contributed by atoms with Gasteiger partial charge in [-0.25, -0.2) is 0 Å². The van der Waals surface area contributed by atoms with E-state index < -0.39 is 0 Å². The third-order valence-corrected chi connectivity index (χ3v) is 4.23. The van der Waals surface area contributed by atoms with Crippen LogP contribution in [0.25, 0.3) is 0 Å². The molecule has 2 rings (SSSR count). The first-order chi connectivity index (χ1) is 8.14. The van der Waals surface area contributed by atoms with Crippen molar-refractivity contribution < 1.29 is 0 Å². The molecular formula is C17H27N. The number of pyridine rings is 1. The molecule has 0 unspecified atom stereocenters. The predicted octanol–water partition coefficient (Wildman–Crippen LogP) is 4.75. The molecule has 0 aromatic carbocycles. The fourth-order valence-electron chi connectivity index (χ4n) is 2.97. The van der Waals surface area contributed by atoms with Crippen LogP contribution in [0.2, 0.25) is 0 Å². The van der Waals surface area contributed by atoms with Crippen LogP contribution in [-0.4, -0.2) is 4.98 Å². The summed E-state index contributed by atoms with van der Waals surface area (Å²) in [6.45, 7) is 13.9. The van der Waals surface area contributed by atoms with E-state index in [2.05, 4.69) is 58.7 Å². The molecule has 1 aliphatic carbocycles. The van der Waals surface area contributed by atoms with E-state index in [4.69, 9.17) is 0 Å². The highest BCUT2D eigenvalue weighted by atomic mass is 14.8. The summed E-state index contributed by atoms with van der Waals surface area (Å²) in [6.07, 6.45) is 5.72. The summed E-state index contributed by atoms with van der Waals surface area (Å²) in [7, 11) is 0. The molecule has 1 aromatic heterocycles. The Morgan fingerprint density at radius 2 is 1.72 bits per heavy atom. The molecule has 0 spiro atoms. The second-order valence-corrected chi connectivity index (χ2v) is 8.12. The van der Waals surface area contributed by atoms with Gasteiger partial charge in [0.1, 0.15) is 0 Å². The Hall–Kier alpha value is -0.850. The lowest BCUT2D eigenvalue weighted by atomic mass is 9.74. The van der Waals surface area contributed by atoms with Gasteiger partial charge >= 0.3 is 0 Å². The third-order valence-electron chi connectivity index (χ3n) is 4.23. The van der Waals surface area contributed by atoms with Crippen molar-refractivity contribution in [1.82, 2.24) is 4.98 Å². The SMILES string of the molecule is CC(C)(C)Cc1ccnc(C2(C(C)(C)C)CC2)c1. The molecule has 0 amide bonds. The van der Waals surface area contributed by atoms with Gasteiger partial charge in [0.05, 0.1) is 0 Å². The quantitative estimate of drug-likeness (QED) is 0.733. The Balaban J connectivity index is 2.29. The van der Waals surface area contributed by atoms with Gasteiger partial charge in [-0.05, 0) is 47.8 Å². The molecule has 1 aliphatic rings. The lowest BCUT2D eigenvalue weighted by Gasteiger charge is -2.31. The summed E-state index contributed by atoms with van der Waals surface area (Å²) in [5.74, 6) is 0. The van der Waals surface area contributed by atoms with Crippen molar-refractivity contribution >= 4 is 0 Å². The summed E-state index contributed by atoms with van der Waals surface area (Å²) in [4.78, 5) is 4.67. The zero-order chi connectivity index (χ0) is 13.6. The maximum atomic E-state index is 4.67. The molecule has 0 radical (unpaired) electrons. The van der Waals surface area contributed by atoms with Crippen molar-refractivity contribution in [2.45, 2.75) is 66.2 Å². The zero-order valence-corrected chi connectivity index (χ0v) is 12.8. The van der Waals surface area contributed by atoms with Gasteiger partial charge in [0.25, 0.3) is 0 Å². The van der Waals surface area contributed by atoms with Crippen LogP contribution in [0.1, 0.15) is 65.6 Å². The van der Waals surface area contributed by atoms with Gasteiger partial charge in [-0.3, -0.25) is 4.98 Å². The van der Waals surface area contributed by atoms with Crippen molar-refractivity contribution in [2.75, 3.05) is 0 Å². The average molecular weight is 245 g/mol. The van der Waals surface area contributed by atoms with E-state index >= 15 is 0 Å². The minimum absolute atomic E-state index is 0.320. The molecule has 1 nitrogen and oxygen atoms in total. The van der Waals surface area contributed by atoms with E-state index in [0.29, 0.717) is 16.2 Å². The van der Waals surface area contributed by atoms with Crippen molar-refractivity contribution in [3.8, 4) is 0 Å². The normalized spacial score (nSPS) is 18.8. The van der Waals surface area contributed by atoms with E-state index in [1.807, 2.05) is 6.20 Å². The van der Waals surface area contributed by atoms with E-state index in [-0.39, 0.29) is 0 Å². The van der Waals surface area contributed by atoms with Crippen LogP contribution in [0.15, 0.2) is 18.3 Å². The predicted molar refractivity (Wildman–Crippen MR) is 77.8 cm³/mol. The first kappa shape index (κ1) is 13.6. The number of rotatable bonds is 2. The van der Waals surface area contributed by atoms with Crippen molar-refractivity contribution in [3.05, 3.63) is 29.6 Å². The molecule has 18 heavy (non-hydrogen) atoms. The number of aromatic nitrogens is 1. The van der Waals surface area contributed by atoms with Crippen LogP contribution in [0.4, 0.5) is 0 Å². The largest absolute Gasteiger partial charge is 0.261 e. The summed E-state index contributed by atoms with van der Waals surface area (Å²) in [6, 6.07) is 4.52. The summed E-state index contributed by atoms with van der Waals surface area (Å²) >= 11 is 0. The maximum Gasteiger partial charge on any atom is 0.0473 e. The Bertz CT molecular complexity index is 428. The number of hydrogen-bond acceptors (Lipinski definition) is 1. The molecule has 1 aromatic rings. The van der Waals surface area contributed by atoms with E-state index in [9.17, 15) is 0 Å². The number of hydrogen-bond donors (Lipinski definition) is 0. The van der Waals surface area contributed by atoms with Crippen molar-refractivity contribution in [2.24, 2.45) is 10.8 Å². The van der Waals surface area contributed by atoms with Gasteiger partial charge < -0.3 is 0 Å². The fraction of sp³-hybridized carbons (Fsp3) is 0.706. The van der Waals surface area contributed by atoms with Crippen LogP contribution >= 0.6 is 0 Å². The van der Waals surface area contributed by atoms with Crippen molar-refractivity contribution in [3.63, 3.8) is 0 Å². The molecule has 0 saturated heterocycles. The molecular weight excluding hydrogens is 218 g/mol. The van der Waals surface area contributed by atoms with Crippen LogP contribution in [-0.2, 0) is 11.8 Å². The Kier molecular flexibility index (Phi) is 3.08. The monoisotopic (exact) mass is 245 g/mol. The average Bonchev–Trinajstić information content (AvgIpc) is 2.94. The molecule has 100 valence electrons. The smallest absolute Gasteiger partial charge is 0.0473 e. The van der Waals surface area contributed by atoms with E-state index in [0.717, 1.165) is 6.42 Å². The second-order valence-electron chi connectivity index (χ2n) is 8.12. The first-order valence-corrected chi connectivity index (χ1v) is 7.10. The molecule has 1 heterocycles. The fourth-order valence-corrected chi connectivity index (χ4v) is 2.97. The summed E-state index contributed by atoms with van der Waals surface area (Å²) in [5, 5.41) is 0. The van der Waals surface area contributed by atoms with Gasteiger partial charge in [0.2, 0.25) is 0 Å². The molecule has 0 aliphatic heterocycles. The van der Waals surface area contributed by atoms with Crippen LogP contribution in [0.3, 0.4) is 0 Å². The lowest BCUT2D eigenvalue weighted by molar-refractivity contribution is 0.292. The number of nitrogens with zero attached hydrogens (tertiary/aromatic N) is 1. The van der Waals surface area contributed by atoms with Crippen LogP contribution < -0.4 is 0 Å². The molecule has 1 saturated carbocycles. The minimum atomic E-state index is 0.320. The van der Waals surface area contributed by atoms with Crippen molar-refractivity contribution in [1.29, 1.82) is 0 Å². The third kappa shape index (κ3) is 2.60. The minimum Gasteiger partial charge on any atom is -0.261 e. The van der Waals surface area contributed by atoms with Crippen LogP contribution in [0, 0.1) is 10.8 Å². The van der Waals surface area contributed by atoms with E-state index in [1.54, 1.807) is 0 Å². The molecule has 1 heteroatoms. The van der Waals surface area contributed by atoms with Gasteiger partial charge in [0.15, 0.2) is 0 Å². The summed E-state index contributed by atoms with van der Waals surface area (Å²) in [5.41, 5.74) is 3.75. The van der Waals surface area contributed by atoms with Gasteiger partial charge in [0, 0.05) is 17.3 Å². The summed E-state index contributed by atoms with van der Waals surface area (Å²) < 4.78 is 0. The van der Waals surface area contributed by atoms with E-state index in [1.165, 1.54) is 24.1 Å². The van der Waals surface area contributed by atoms with Gasteiger partial charge in [-0.2, -0.15) is 0 Å². The van der Waals surface area contributed by atoms with Crippen LogP contribution in [0.5, 0.6) is 0 Å². The zero-order valence-electron chi connectivity index (χ0n) is 12.8. The Morgan fingerprint density at radius 1 is 1.11 bits per heavy atom. The second kappa shape index (κ2) is 4.08. The highest BCUT2D eigenvalue weighted by Gasteiger charge is 2.54. The highest BCUT2D eigenvalue weighted by molar-refractivity contribution is 5.31. The first-order valence-electron chi connectivity index (χ1n) is 7.10.